The lowest BCUT2D eigenvalue weighted by atomic mass is 9.96. The Hall–Kier alpha value is -1.88. The lowest BCUT2D eigenvalue weighted by Gasteiger charge is -2.31. The highest BCUT2D eigenvalue weighted by Gasteiger charge is 2.25. The number of benzene rings is 1. The van der Waals surface area contributed by atoms with Crippen molar-refractivity contribution in [2.45, 2.75) is 45.1 Å². The third-order valence-electron chi connectivity index (χ3n) is 5.43. The summed E-state index contributed by atoms with van der Waals surface area (Å²) in [5.41, 5.74) is 9.51. The summed E-state index contributed by atoms with van der Waals surface area (Å²) in [5.74, 6) is -0.219. The number of nitrogens with zero attached hydrogens (tertiary/aromatic N) is 1. The number of likely N-dealkylation sites (tertiary alicyclic amines) is 1. The van der Waals surface area contributed by atoms with Gasteiger partial charge in [0.05, 0.1) is 6.54 Å². The second-order valence-corrected chi connectivity index (χ2v) is 7.04. The van der Waals surface area contributed by atoms with Crippen molar-refractivity contribution in [3.8, 4) is 0 Å². The lowest BCUT2D eigenvalue weighted by molar-refractivity contribution is -0.134. The molecule has 1 fully saturated rings. The number of piperidine rings is 1. The Labute approximate surface area is 143 Å². The van der Waals surface area contributed by atoms with Crippen LogP contribution in [0.1, 0.15) is 48.9 Å². The van der Waals surface area contributed by atoms with Crippen molar-refractivity contribution in [3.63, 3.8) is 0 Å². The fourth-order valence-electron chi connectivity index (χ4n) is 3.74. The first-order chi connectivity index (χ1) is 11.5. The van der Waals surface area contributed by atoms with Crippen LogP contribution in [0.4, 0.5) is 0 Å². The second-order valence-electron chi connectivity index (χ2n) is 7.04. The predicted octanol–water partition coefficient (Wildman–Crippen LogP) is 1.55. The second kappa shape index (κ2) is 7.34. The zero-order chi connectivity index (χ0) is 17.1. The maximum absolute atomic E-state index is 12.3. The Morgan fingerprint density at radius 3 is 2.67 bits per heavy atom. The van der Waals surface area contributed by atoms with E-state index in [1.54, 1.807) is 0 Å². The molecule has 0 spiro atoms. The fraction of sp³-hybridized carbons (Fsp3) is 0.579. The molecule has 2 aliphatic rings. The summed E-state index contributed by atoms with van der Waals surface area (Å²) >= 11 is 0. The highest BCUT2D eigenvalue weighted by atomic mass is 16.2. The van der Waals surface area contributed by atoms with Crippen LogP contribution in [0.15, 0.2) is 18.2 Å². The smallest absolute Gasteiger partial charge is 0.236 e. The van der Waals surface area contributed by atoms with Gasteiger partial charge >= 0.3 is 0 Å². The van der Waals surface area contributed by atoms with Gasteiger partial charge in [-0.1, -0.05) is 18.2 Å². The van der Waals surface area contributed by atoms with E-state index in [0.717, 1.165) is 0 Å². The van der Waals surface area contributed by atoms with Crippen LogP contribution in [0, 0.1) is 5.92 Å². The van der Waals surface area contributed by atoms with Gasteiger partial charge in [-0.15, -0.1) is 0 Å². The molecule has 1 aliphatic heterocycles. The predicted molar refractivity (Wildman–Crippen MR) is 93.4 cm³/mol. The molecule has 3 N–H and O–H groups in total. The van der Waals surface area contributed by atoms with Gasteiger partial charge < -0.3 is 16.0 Å². The third kappa shape index (κ3) is 3.78. The molecule has 0 saturated carbocycles. The van der Waals surface area contributed by atoms with E-state index in [-0.39, 0.29) is 23.8 Å². The van der Waals surface area contributed by atoms with Gasteiger partial charge in [0, 0.05) is 25.0 Å². The maximum Gasteiger partial charge on any atom is 0.236 e. The Kier molecular flexibility index (Phi) is 5.19. The summed E-state index contributed by atoms with van der Waals surface area (Å²) in [6.45, 7) is 3.69. The Bertz CT molecular complexity index is 621. The number of fused-ring (bicyclic) bond motifs is 1. The van der Waals surface area contributed by atoms with Crippen molar-refractivity contribution in [3.05, 3.63) is 34.9 Å². The highest BCUT2D eigenvalue weighted by Crippen LogP contribution is 2.25. The summed E-state index contributed by atoms with van der Waals surface area (Å²) in [5, 5.41) is 3.34. The van der Waals surface area contributed by atoms with E-state index in [1.165, 1.54) is 36.0 Å². The molecule has 1 atom stereocenters. The average molecular weight is 329 g/mol. The van der Waals surface area contributed by atoms with E-state index in [9.17, 15) is 9.59 Å². The van der Waals surface area contributed by atoms with E-state index >= 15 is 0 Å². The minimum Gasteiger partial charge on any atom is -0.369 e. The molecule has 0 aromatic heterocycles. The first-order valence-electron chi connectivity index (χ1n) is 8.97. The van der Waals surface area contributed by atoms with Gasteiger partial charge in [-0.05, 0) is 55.7 Å². The lowest BCUT2D eigenvalue weighted by Crippen LogP contribution is -2.45. The molecule has 1 aromatic carbocycles. The Morgan fingerprint density at radius 1 is 1.25 bits per heavy atom. The van der Waals surface area contributed by atoms with Gasteiger partial charge in [-0.3, -0.25) is 9.59 Å². The number of hydrogen-bond donors (Lipinski definition) is 2. The minimum atomic E-state index is -0.245. The Balaban J connectivity index is 1.48. The van der Waals surface area contributed by atoms with Gasteiger partial charge in [-0.25, -0.2) is 0 Å². The number of primary amides is 1. The molecule has 1 aliphatic carbocycles. The van der Waals surface area contributed by atoms with E-state index in [0.29, 0.717) is 32.5 Å². The van der Waals surface area contributed by atoms with Gasteiger partial charge in [0.25, 0.3) is 0 Å². The molecular weight excluding hydrogens is 302 g/mol. The number of hydrogen-bond acceptors (Lipinski definition) is 3. The van der Waals surface area contributed by atoms with Crippen LogP contribution in [0.3, 0.4) is 0 Å². The molecule has 1 heterocycles. The van der Waals surface area contributed by atoms with Crippen LogP contribution in [0.2, 0.25) is 0 Å². The van der Waals surface area contributed by atoms with Crippen molar-refractivity contribution >= 4 is 11.8 Å². The summed E-state index contributed by atoms with van der Waals surface area (Å²) in [6.07, 6.45) is 4.98. The molecule has 2 amide bonds. The molecule has 130 valence electrons. The first-order valence-corrected chi connectivity index (χ1v) is 8.97. The molecule has 3 rings (SSSR count). The van der Waals surface area contributed by atoms with Crippen LogP contribution >= 0.6 is 0 Å². The normalized spacial score (nSPS) is 19.1. The summed E-state index contributed by atoms with van der Waals surface area (Å²) in [4.78, 5) is 25.4. The van der Waals surface area contributed by atoms with Crippen LogP contribution in [0.25, 0.3) is 0 Å². The number of nitrogens with two attached hydrogens (primary N) is 1. The summed E-state index contributed by atoms with van der Waals surface area (Å²) < 4.78 is 0. The van der Waals surface area contributed by atoms with Crippen molar-refractivity contribution < 1.29 is 9.59 Å². The van der Waals surface area contributed by atoms with Crippen molar-refractivity contribution in [1.29, 1.82) is 0 Å². The van der Waals surface area contributed by atoms with E-state index in [4.69, 9.17) is 5.73 Å². The molecular formula is C19H27N3O2. The number of carbonyl (C=O) groups excluding carboxylic acids is 2. The SMILES string of the molecule is C[C@@H](NCC(=O)N1CCC(C(N)=O)CC1)c1ccc2c(c1)CCC2. The molecule has 0 unspecified atom stereocenters. The van der Waals surface area contributed by atoms with Crippen molar-refractivity contribution in [2.24, 2.45) is 11.7 Å². The van der Waals surface area contributed by atoms with E-state index in [2.05, 4.69) is 30.4 Å². The molecule has 0 bridgehead atoms. The highest BCUT2D eigenvalue weighted by molar-refractivity contribution is 5.80. The van der Waals surface area contributed by atoms with Gasteiger partial charge in [0.15, 0.2) is 0 Å². The zero-order valence-electron chi connectivity index (χ0n) is 14.4. The quantitative estimate of drug-likeness (QED) is 0.860. The molecule has 0 radical (unpaired) electrons. The van der Waals surface area contributed by atoms with Crippen LogP contribution in [0.5, 0.6) is 0 Å². The molecule has 1 saturated heterocycles. The summed E-state index contributed by atoms with van der Waals surface area (Å²) in [6, 6.07) is 6.84. The molecule has 5 nitrogen and oxygen atoms in total. The average Bonchev–Trinajstić information content (AvgIpc) is 3.07. The number of nitrogens with one attached hydrogen (secondary N) is 1. The number of amides is 2. The number of rotatable bonds is 5. The minimum absolute atomic E-state index is 0.0765. The van der Waals surface area contributed by atoms with Gasteiger partial charge in [0.1, 0.15) is 0 Å². The number of carbonyl (C=O) groups is 2. The first kappa shape index (κ1) is 17.0. The third-order valence-corrected chi connectivity index (χ3v) is 5.43. The number of aryl methyl sites for hydroxylation is 2. The zero-order valence-corrected chi connectivity index (χ0v) is 14.4. The molecule has 24 heavy (non-hydrogen) atoms. The molecule has 1 aromatic rings. The fourth-order valence-corrected chi connectivity index (χ4v) is 3.74. The van der Waals surface area contributed by atoms with Gasteiger partial charge in [-0.2, -0.15) is 0 Å². The maximum atomic E-state index is 12.3. The largest absolute Gasteiger partial charge is 0.369 e. The monoisotopic (exact) mass is 329 g/mol. The topological polar surface area (TPSA) is 75.4 Å². The van der Waals surface area contributed by atoms with E-state index in [1.807, 2.05) is 4.90 Å². The standard InChI is InChI=1S/C19H27N3O2/c1-13(16-6-5-14-3-2-4-17(14)11-16)21-12-18(23)22-9-7-15(8-10-22)19(20)24/h5-6,11,13,15,21H,2-4,7-10,12H2,1H3,(H2,20,24)/t13-/m1/s1. The van der Waals surface area contributed by atoms with Crippen LogP contribution in [-0.2, 0) is 22.4 Å². The van der Waals surface area contributed by atoms with Crippen LogP contribution < -0.4 is 11.1 Å². The van der Waals surface area contributed by atoms with Crippen molar-refractivity contribution in [2.75, 3.05) is 19.6 Å². The van der Waals surface area contributed by atoms with Crippen molar-refractivity contribution in [1.82, 2.24) is 10.2 Å². The van der Waals surface area contributed by atoms with Crippen LogP contribution in [-0.4, -0.2) is 36.3 Å². The van der Waals surface area contributed by atoms with Gasteiger partial charge in [0.2, 0.25) is 11.8 Å². The molecule has 5 heteroatoms. The Morgan fingerprint density at radius 2 is 1.96 bits per heavy atom. The van der Waals surface area contributed by atoms with E-state index < -0.39 is 0 Å². The summed E-state index contributed by atoms with van der Waals surface area (Å²) in [7, 11) is 0.